The smallest absolute Gasteiger partial charge is 0.294 e. The molecule has 1 aliphatic rings. The summed E-state index contributed by atoms with van der Waals surface area (Å²) >= 11 is 0. The van der Waals surface area contributed by atoms with E-state index in [4.69, 9.17) is 4.74 Å². The Bertz CT molecular complexity index is 441. The van der Waals surface area contributed by atoms with Crippen LogP contribution >= 0.6 is 0 Å². The van der Waals surface area contributed by atoms with Crippen molar-refractivity contribution in [3.05, 3.63) is 24.3 Å². The molecule has 2 heterocycles. The van der Waals surface area contributed by atoms with Crippen LogP contribution < -0.4 is 10.1 Å². The van der Waals surface area contributed by atoms with Gasteiger partial charge in [-0.1, -0.05) is 12.1 Å². The standard InChI is InChI=1S/C12H15N3O/c1-2-4-11-10(3-1)14-12(15-11)16-8-9-5-6-13-7-9/h1-4,9,13H,5-8H2,(H,14,15)/t9-/m1/s1. The van der Waals surface area contributed by atoms with Crippen molar-refractivity contribution in [1.29, 1.82) is 0 Å². The average molecular weight is 217 g/mol. The minimum absolute atomic E-state index is 0.619. The van der Waals surface area contributed by atoms with Crippen LogP contribution in [-0.2, 0) is 0 Å². The molecule has 1 aromatic heterocycles. The molecular formula is C12H15N3O. The summed E-state index contributed by atoms with van der Waals surface area (Å²) in [5.41, 5.74) is 1.99. The van der Waals surface area contributed by atoms with Crippen molar-refractivity contribution in [2.24, 2.45) is 5.92 Å². The van der Waals surface area contributed by atoms with Crippen molar-refractivity contribution < 1.29 is 4.74 Å². The Labute approximate surface area is 94.0 Å². The Balaban J connectivity index is 1.69. The predicted molar refractivity (Wildman–Crippen MR) is 62.6 cm³/mol. The Kier molecular flexibility index (Phi) is 2.50. The first-order chi connectivity index (χ1) is 7.92. The van der Waals surface area contributed by atoms with Crippen molar-refractivity contribution in [1.82, 2.24) is 15.3 Å². The number of aromatic nitrogens is 2. The van der Waals surface area contributed by atoms with Gasteiger partial charge in [0.1, 0.15) is 0 Å². The van der Waals surface area contributed by atoms with Gasteiger partial charge >= 0.3 is 0 Å². The lowest BCUT2D eigenvalue weighted by Gasteiger charge is -2.07. The van der Waals surface area contributed by atoms with Crippen LogP contribution in [0, 0.1) is 5.92 Å². The fourth-order valence-electron chi connectivity index (χ4n) is 2.05. The zero-order chi connectivity index (χ0) is 10.8. The summed E-state index contributed by atoms with van der Waals surface area (Å²) < 4.78 is 5.67. The summed E-state index contributed by atoms with van der Waals surface area (Å²) in [6.45, 7) is 2.90. The molecule has 0 unspecified atom stereocenters. The number of hydrogen-bond donors (Lipinski definition) is 2. The molecule has 0 aliphatic carbocycles. The van der Waals surface area contributed by atoms with Crippen LogP contribution in [0.25, 0.3) is 11.0 Å². The maximum absolute atomic E-state index is 5.67. The van der Waals surface area contributed by atoms with E-state index in [-0.39, 0.29) is 0 Å². The molecule has 0 amide bonds. The van der Waals surface area contributed by atoms with Gasteiger partial charge < -0.3 is 15.0 Å². The van der Waals surface area contributed by atoms with Crippen LogP contribution in [0.5, 0.6) is 6.01 Å². The van der Waals surface area contributed by atoms with Crippen LogP contribution in [0.2, 0.25) is 0 Å². The fraction of sp³-hybridized carbons (Fsp3) is 0.417. The minimum Gasteiger partial charge on any atom is -0.464 e. The maximum atomic E-state index is 5.67. The zero-order valence-electron chi connectivity index (χ0n) is 9.07. The van der Waals surface area contributed by atoms with E-state index in [9.17, 15) is 0 Å². The van der Waals surface area contributed by atoms with E-state index < -0.39 is 0 Å². The van der Waals surface area contributed by atoms with Crippen molar-refractivity contribution in [3.8, 4) is 6.01 Å². The van der Waals surface area contributed by atoms with Gasteiger partial charge in [-0.25, -0.2) is 0 Å². The molecule has 0 saturated carbocycles. The van der Waals surface area contributed by atoms with Crippen LogP contribution in [-0.4, -0.2) is 29.7 Å². The van der Waals surface area contributed by atoms with Crippen molar-refractivity contribution in [2.45, 2.75) is 6.42 Å². The number of nitrogens with zero attached hydrogens (tertiary/aromatic N) is 1. The number of benzene rings is 1. The average Bonchev–Trinajstić information content (AvgIpc) is 2.95. The second kappa shape index (κ2) is 4.14. The van der Waals surface area contributed by atoms with E-state index in [1.165, 1.54) is 6.42 Å². The van der Waals surface area contributed by atoms with Gasteiger partial charge in [-0.15, -0.1) is 0 Å². The summed E-state index contributed by atoms with van der Waals surface area (Å²) in [5, 5.41) is 3.32. The summed E-state index contributed by atoms with van der Waals surface area (Å²) in [7, 11) is 0. The lowest BCUT2D eigenvalue weighted by atomic mass is 10.1. The number of nitrogens with one attached hydrogen (secondary N) is 2. The molecule has 1 saturated heterocycles. The summed E-state index contributed by atoms with van der Waals surface area (Å²) in [6, 6.07) is 8.59. The highest BCUT2D eigenvalue weighted by Crippen LogP contribution is 2.16. The molecule has 0 radical (unpaired) electrons. The highest BCUT2D eigenvalue weighted by atomic mass is 16.5. The molecule has 16 heavy (non-hydrogen) atoms. The minimum atomic E-state index is 0.619. The van der Waals surface area contributed by atoms with Gasteiger partial charge in [0, 0.05) is 12.5 Å². The highest BCUT2D eigenvalue weighted by Gasteiger charge is 2.15. The van der Waals surface area contributed by atoms with E-state index in [1.54, 1.807) is 0 Å². The largest absolute Gasteiger partial charge is 0.464 e. The number of rotatable bonds is 3. The first kappa shape index (κ1) is 9.66. The third-order valence-corrected chi connectivity index (χ3v) is 2.99. The molecule has 4 heteroatoms. The molecule has 4 nitrogen and oxygen atoms in total. The highest BCUT2D eigenvalue weighted by molar-refractivity contribution is 5.75. The Morgan fingerprint density at radius 2 is 2.31 bits per heavy atom. The predicted octanol–water partition coefficient (Wildman–Crippen LogP) is 1.55. The van der Waals surface area contributed by atoms with E-state index in [0.29, 0.717) is 11.9 Å². The molecule has 1 fully saturated rings. The fourth-order valence-corrected chi connectivity index (χ4v) is 2.05. The summed E-state index contributed by atoms with van der Waals surface area (Å²) in [5.74, 6) is 0.619. The molecular weight excluding hydrogens is 202 g/mol. The second-order valence-corrected chi connectivity index (χ2v) is 4.23. The monoisotopic (exact) mass is 217 g/mol. The molecule has 0 spiro atoms. The van der Waals surface area contributed by atoms with E-state index in [2.05, 4.69) is 15.3 Å². The molecule has 2 N–H and O–H groups in total. The number of ether oxygens (including phenoxy) is 1. The molecule has 84 valence electrons. The van der Waals surface area contributed by atoms with Crippen molar-refractivity contribution in [2.75, 3.05) is 19.7 Å². The van der Waals surface area contributed by atoms with Gasteiger partial charge in [0.25, 0.3) is 6.01 Å². The van der Waals surface area contributed by atoms with E-state index >= 15 is 0 Å². The SMILES string of the molecule is c1ccc2[nH]c(OC[C@@H]3CCNC3)nc2c1. The second-order valence-electron chi connectivity index (χ2n) is 4.23. The van der Waals surface area contributed by atoms with Gasteiger partial charge in [-0.05, 0) is 25.1 Å². The number of hydrogen-bond acceptors (Lipinski definition) is 3. The van der Waals surface area contributed by atoms with Gasteiger partial charge in [-0.3, -0.25) is 0 Å². The molecule has 3 rings (SSSR count). The lowest BCUT2D eigenvalue weighted by Crippen LogP contribution is -2.15. The third kappa shape index (κ3) is 1.88. The molecule has 2 aromatic rings. The summed E-state index contributed by atoms with van der Waals surface area (Å²) in [4.78, 5) is 7.54. The van der Waals surface area contributed by atoms with E-state index in [0.717, 1.165) is 30.7 Å². The number of para-hydroxylation sites is 2. The Morgan fingerprint density at radius 3 is 3.12 bits per heavy atom. The molecule has 1 atom stereocenters. The molecule has 1 aromatic carbocycles. The quantitative estimate of drug-likeness (QED) is 0.820. The molecule has 1 aliphatic heterocycles. The first-order valence-electron chi connectivity index (χ1n) is 5.70. The lowest BCUT2D eigenvalue weighted by molar-refractivity contribution is 0.244. The van der Waals surface area contributed by atoms with Gasteiger partial charge in [0.05, 0.1) is 17.6 Å². The van der Waals surface area contributed by atoms with Crippen molar-refractivity contribution >= 4 is 11.0 Å². The third-order valence-electron chi connectivity index (χ3n) is 2.99. The maximum Gasteiger partial charge on any atom is 0.294 e. The van der Waals surface area contributed by atoms with Gasteiger partial charge in [-0.2, -0.15) is 4.98 Å². The Hall–Kier alpha value is -1.55. The first-order valence-corrected chi connectivity index (χ1v) is 5.70. The van der Waals surface area contributed by atoms with Crippen LogP contribution in [0.4, 0.5) is 0 Å². The number of aromatic amines is 1. The number of fused-ring (bicyclic) bond motifs is 1. The van der Waals surface area contributed by atoms with Crippen LogP contribution in [0.3, 0.4) is 0 Å². The topological polar surface area (TPSA) is 49.9 Å². The van der Waals surface area contributed by atoms with Gasteiger partial charge in [0.15, 0.2) is 0 Å². The van der Waals surface area contributed by atoms with Crippen molar-refractivity contribution in [3.63, 3.8) is 0 Å². The normalized spacial score (nSPS) is 20.4. The Morgan fingerprint density at radius 1 is 1.38 bits per heavy atom. The zero-order valence-corrected chi connectivity index (χ0v) is 9.07. The van der Waals surface area contributed by atoms with Crippen LogP contribution in [0.1, 0.15) is 6.42 Å². The number of imidazole rings is 1. The number of H-pyrrole nitrogens is 1. The molecule has 0 bridgehead atoms. The van der Waals surface area contributed by atoms with E-state index in [1.807, 2.05) is 24.3 Å². The van der Waals surface area contributed by atoms with Crippen LogP contribution in [0.15, 0.2) is 24.3 Å². The van der Waals surface area contributed by atoms with Gasteiger partial charge in [0.2, 0.25) is 0 Å². The summed E-state index contributed by atoms with van der Waals surface area (Å²) in [6.07, 6.45) is 1.19.